The van der Waals surface area contributed by atoms with Crippen LogP contribution in [0.3, 0.4) is 0 Å². The van der Waals surface area contributed by atoms with Crippen molar-refractivity contribution in [3.8, 4) is 5.75 Å². The van der Waals surface area contributed by atoms with E-state index in [9.17, 15) is 24.6 Å². The monoisotopic (exact) mass is 321 g/mol. The maximum atomic E-state index is 12.2. The highest BCUT2D eigenvalue weighted by molar-refractivity contribution is 6.04. The smallest absolute Gasteiger partial charge is 0.325 e. The summed E-state index contributed by atoms with van der Waals surface area (Å²) in [5, 5.41) is 22.0. The average Bonchev–Trinajstić information content (AvgIpc) is 2.84. The van der Waals surface area contributed by atoms with Gasteiger partial charge in [-0.25, -0.2) is 4.79 Å². The zero-order valence-corrected chi connectivity index (χ0v) is 12.7. The van der Waals surface area contributed by atoms with Gasteiger partial charge in [-0.2, -0.15) is 0 Å². The molecule has 1 atom stereocenters. The highest BCUT2D eigenvalue weighted by atomic mass is 16.3. The van der Waals surface area contributed by atoms with Gasteiger partial charge in [-0.05, 0) is 24.6 Å². The lowest BCUT2D eigenvalue weighted by atomic mass is 10.1. The van der Waals surface area contributed by atoms with Crippen LogP contribution in [0.2, 0.25) is 0 Å². The van der Waals surface area contributed by atoms with Crippen molar-refractivity contribution in [2.75, 3.05) is 26.2 Å². The Hall–Kier alpha value is -2.61. The van der Waals surface area contributed by atoms with Gasteiger partial charge in [0.25, 0.3) is 5.91 Å². The zero-order chi connectivity index (χ0) is 17.0. The Morgan fingerprint density at radius 2 is 2.17 bits per heavy atom. The molecule has 124 valence electrons. The number of phenols is 1. The molecule has 1 aromatic rings. The molecule has 8 nitrogen and oxygen atoms in total. The Kier molecular flexibility index (Phi) is 5.17. The number of carbonyl (C=O) groups is 3. The second kappa shape index (κ2) is 7.10. The minimum atomic E-state index is -0.978. The molecule has 23 heavy (non-hydrogen) atoms. The first-order chi connectivity index (χ1) is 10.9. The van der Waals surface area contributed by atoms with E-state index in [0.29, 0.717) is 12.1 Å². The molecule has 0 saturated carbocycles. The number of benzene rings is 1. The maximum absolute atomic E-state index is 12.2. The lowest BCUT2D eigenvalue weighted by Crippen LogP contribution is -2.44. The van der Waals surface area contributed by atoms with Crippen LogP contribution in [0, 0.1) is 0 Å². The number of aliphatic hydroxyl groups excluding tert-OH is 1. The van der Waals surface area contributed by atoms with Crippen LogP contribution in [0.25, 0.3) is 0 Å². The number of nitrogens with one attached hydrogen (secondary N) is 1. The Balaban J connectivity index is 2.00. The number of urea groups is 1. The topological polar surface area (TPSA) is 110 Å². The molecule has 0 spiro atoms. The highest BCUT2D eigenvalue weighted by Gasteiger charge is 2.31. The molecule has 0 radical (unpaired) electrons. The summed E-state index contributed by atoms with van der Waals surface area (Å²) in [6.07, 6.45) is -0.978. The molecular formula is C15H19N3O5. The van der Waals surface area contributed by atoms with Crippen LogP contribution in [0.4, 0.5) is 4.79 Å². The third kappa shape index (κ3) is 3.98. The van der Waals surface area contributed by atoms with Crippen LogP contribution in [0.15, 0.2) is 24.3 Å². The normalized spacial score (nSPS) is 15.5. The summed E-state index contributed by atoms with van der Waals surface area (Å²) in [7, 11) is 0. The molecule has 0 aromatic heterocycles. The number of amides is 4. The fraction of sp³-hybridized carbons (Fsp3) is 0.400. The second-order valence-corrected chi connectivity index (χ2v) is 5.18. The minimum Gasteiger partial charge on any atom is -0.508 e. The van der Waals surface area contributed by atoms with Crippen molar-refractivity contribution in [2.24, 2.45) is 0 Å². The summed E-state index contributed by atoms with van der Waals surface area (Å²) in [6.45, 7) is 1.59. The Morgan fingerprint density at radius 1 is 1.43 bits per heavy atom. The number of rotatable bonds is 6. The molecule has 3 N–H and O–H groups in total. The predicted molar refractivity (Wildman–Crippen MR) is 80.4 cm³/mol. The lowest BCUT2D eigenvalue weighted by molar-refractivity contribution is -0.137. The number of imide groups is 1. The molecule has 1 saturated heterocycles. The highest BCUT2D eigenvalue weighted by Crippen LogP contribution is 2.19. The van der Waals surface area contributed by atoms with Crippen molar-refractivity contribution in [2.45, 2.75) is 13.0 Å². The summed E-state index contributed by atoms with van der Waals surface area (Å²) in [4.78, 5) is 37.4. The molecule has 2 rings (SSSR count). The Labute approximate surface area is 133 Å². The van der Waals surface area contributed by atoms with E-state index in [2.05, 4.69) is 5.32 Å². The van der Waals surface area contributed by atoms with E-state index < -0.39 is 23.9 Å². The summed E-state index contributed by atoms with van der Waals surface area (Å²) >= 11 is 0. The number of hydrogen-bond donors (Lipinski definition) is 3. The first kappa shape index (κ1) is 16.8. The molecule has 0 aliphatic carbocycles. The standard InChI is InChI=1S/C15H19N3O5/c1-2-17(8-12(20)10-4-3-5-11(19)6-10)14(22)9-18-13(21)7-16-15(18)23/h3-6,12,19-20H,2,7-9H2,1H3,(H,16,23)/t12-/m1/s1. The van der Waals surface area contributed by atoms with E-state index in [0.717, 1.165) is 4.90 Å². The molecule has 4 amide bonds. The molecule has 1 fully saturated rings. The van der Waals surface area contributed by atoms with E-state index >= 15 is 0 Å². The van der Waals surface area contributed by atoms with Gasteiger partial charge in [0.05, 0.1) is 19.2 Å². The third-order valence-corrected chi connectivity index (χ3v) is 3.61. The van der Waals surface area contributed by atoms with Crippen LogP contribution in [-0.2, 0) is 9.59 Å². The Bertz CT molecular complexity index is 603. The van der Waals surface area contributed by atoms with Crippen molar-refractivity contribution in [1.82, 2.24) is 15.1 Å². The van der Waals surface area contributed by atoms with Gasteiger partial charge in [0.1, 0.15) is 12.3 Å². The molecule has 0 unspecified atom stereocenters. The lowest BCUT2D eigenvalue weighted by Gasteiger charge is -2.25. The van der Waals surface area contributed by atoms with Crippen molar-refractivity contribution < 1.29 is 24.6 Å². The van der Waals surface area contributed by atoms with Crippen LogP contribution >= 0.6 is 0 Å². The predicted octanol–water partition coefficient (Wildman–Crippen LogP) is -0.174. The van der Waals surface area contributed by atoms with Gasteiger partial charge in [-0.3, -0.25) is 14.5 Å². The van der Waals surface area contributed by atoms with Gasteiger partial charge in [0.2, 0.25) is 5.91 Å². The van der Waals surface area contributed by atoms with Gasteiger partial charge in [0, 0.05) is 6.54 Å². The van der Waals surface area contributed by atoms with Gasteiger partial charge in [-0.15, -0.1) is 0 Å². The first-order valence-electron chi connectivity index (χ1n) is 7.25. The summed E-state index contributed by atoms with van der Waals surface area (Å²) in [5.74, 6) is -0.861. The third-order valence-electron chi connectivity index (χ3n) is 3.61. The minimum absolute atomic E-state index is 0.00242. The summed E-state index contributed by atoms with van der Waals surface area (Å²) in [5.41, 5.74) is 0.478. The SMILES string of the molecule is CCN(C[C@@H](O)c1cccc(O)c1)C(=O)CN1C(=O)CNC1=O. The number of carbonyl (C=O) groups excluding carboxylic acids is 3. The summed E-state index contributed by atoms with van der Waals surface area (Å²) < 4.78 is 0. The van der Waals surface area contributed by atoms with Gasteiger partial charge < -0.3 is 20.4 Å². The fourth-order valence-electron chi connectivity index (χ4n) is 2.30. The maximum Gasteiger partial charge on any atom is 0.325 e. The van der Waals surface area contributed by atoms with Crippen molar-refractivity contribution in [3.63, 3.8) is 0 Å². The first-order valence-corrected chi connectivity index (χ1v) is 7.25. The van der Waals surface area contributed by atoms with Crippen LogP contribution in [0.1, 0.15) is 18.6 Å². The largest absolute Gasteiger partial charge is 0.508 e. The van der Waals surface area contributed by atoms with Crippen LogP contribution in [0.5, 0.6) is 5.75 Å². The molecule has 0 bridgehead atoms. The number of phenolic OH excluding ortho intramolecular Hbond substituents is 1. The van der Waals surface area contributed by atoms with E-state index in [1.54, 1.807) is 19.1 Å². The Morgan fingerprint density at radius 3 is 2.74 bits per heavy atom. The van der Waals surface area contributed by atoms with E-state index in [1.165, 1.54) is 17.0 Å². The quantitative estimate of drug-likeness (QED) is 0.630. The second-order valence-electron chi connectivity index (χ2n) is 5.18. The van der Waals surface area contributed by atoms with E-state index in [-0.39, 0.29) is 25.4 Å². The van der Waals surface area contributed by atoms with Gasteiger partial charge >= 0.3 is 6.03 Å². The van der Waals surface area contributed by atoms with Crippen molar-refractivity contribution in [1.29, 1.82) is 0 Å². The molecule has 1 aliphatic heterocycles. The zero-order valence-electron chi connectivity index (χ0n) is 12.7. The molecule has 1 aliphatic rings. The molecular weight excluding hydrogens is 302 g/mol. The van der Waals surface area contributed by atoms with E-state index in [4.69, 9.17) is 0 Å². The number of likely N-dealkylation sites (N-methyl/N-ethyl adjacent to an activating group) is 1. The number of aromatic hydroxyl groups is 1. The number of hydrogen-bond acceptors (Lipinski definition) is 5. The van der Waals surface area contributed by atoms with Crippen molar-refractivity contribution >= 4 is 17.8 Å². The van der Waals surface area contributed by atoms with Crippen LogP contribution < -0.4 is 5.32 Å². The van der Waals surface area contributed by atoms with Gasteiger partial charge in [0.15, 0.2) is 0 Å². The van der Waals surface area contributed by atoms with Gasteiger partial charge in [-0.1, -0.05) is 12.1 Å². The molecule has 8 heteroatoms. The fourth-order valence-corrected chi connectivity index (χ4v) is 2.30. The number of nitrogens with zero attached hydrogens (tertiary/aromatic N) is 2. The molecule has 1 aromatic carbocycles. The van der Waals surface area contributed by atoms with Crippen molar-refractivity contribution in [3.05, 3.63) is 29.8 Å². The summed E-state index contributed by atoms with van der Waals surface area (Å²) in [6, 6.07) is 5.55. The van der Waals surface area contributed by atoms with E-state index in [1.807, 2.05) is 0 Å². The molecule has 1 heterocycles. The number of aliphatic hydroxyl groups is 1. The average molecular weight is 321 g/mol. The van der Waals surface area contributed by atoms with Crippen LogP contribution in [-0.4, -0.2) is 64.0 Å².